The summed E-state index contributed by atoms with van der Waals surface area (Å²) >= 11 is 1.57. The number of benzene rings is 2. The first-order chi connectivity index (χ1) is 15.1. The number of nitrogens with one attached hydrogen (secondary N) is 1. The lowest BCUT2D eigenvalue weighted by Crippen LogP contribution is -2.04. The van der Waals surface area contributed by atoms with Crippen LogP contribution in [0.3, 0.4) is 0 Å². The fourth-order valence-corrected chi connectivity index (χ4v) is 4.16. The van der Waals surface area contributed by atoms with Gasteiger partial charge in [-0.25, -0.2) is 9.97 Å². The van der Waals surface area contributed by atoms with Gasteiger partial charge in [0.25, 0.3) is 0 Å². The predicted molar refractivity (Wildman–Crippen MR) is 126 cm³/mol. The van der Waals surface area contributed by atoms with Crippen LogP contribution in [0.2, 0.25) is 0 Å². The summed E-state index contributed by atoms with van der Waals surface area (Å²) in [5, 5.41) is 14.8. The summed E-state index contributed by atoms with van der Waals surface area (Å²) in [4.78, 5) is 9.18. The average Bonchev–Trinajstić information content (AvgIpc) is 3.17. The van der Waals surface area contributed by atoms with Crippen LogP contribution in [0.15, 0.2) is 72.9 Å². The lowest BCUT2D eigenvalue weighted by atomic mass is 10.1. The lowest BCUT2D eigenvalue weighted by Gasteiger charge is -2.10. The topological polar surface area (TPSA) is 67.3 Å². The summed E-state index contributed by atoms with van der Waals surface area (Å²) in [6, 6.07) is 21.8. The third kappa shape index (κ3) is 5.48. The second-order valence-corrected chi connectivity index (χ2v) is 8.37. The molecule has 31 heavy (non-hydrogen) atoms. The smallest absolute Gasteiger partial charge is 0.208 e. The van der Waals surface area contributed by atoms with Crippen molar-refractivity contribution in [3.8, 4) is 22.1 Å². The first kappa shape index (κ1) is 21.0. The van der Waals surface area contributed by atoms with Crippen LogP contribution >= 0.6 is 11.3 Å². The highest BCUT2D eigenvalue weighted by atomic mass is 32.1. The molecule has 0 radical (unpaired) electrons. The Bertz CT molecular complexity index is 1140. The number of ether oxygens (including phenoxy) is 1. The Balaban J connectivity index is 1.55. The molecule has 0 aliphatic carbocycles. The third-order valence-electron chi connectivity index (χ3n) is 4.66. The molecular formula is C25H25N3O2S. The molecule has 2 heterocycles. The summed E-state index contributed by atoms with van der Waals surface area (Å²) in [5.41, 5.74) is 3.88. The summed E-state index contributed by atoms with van der Waals surface area (Å²) in [5.74, 6) is 1.38. The van der Waals surface area contributed by atoms with Crippen molar-refractivity contribution < 1.29 is 9.84 Å². The van der Waals surface area contributed by atoms with E-state index in [4.69, 9.17) is 9.72 Å². The number of nitrogens with zero attached hydrogens (tertiary/aromatic N) is 2. The molecule has 0 spiro atoms. The maximum Gasteiger partial charge on any atom is 0.208 e. The Labute approximate surface area is 186 Å². The molecule has 2 aromatic heterocycles. The number of anilines is 2. The summed E-state index contributed by atoms with van der Waals surface area (Å²) in [6.45, 7) is 3.88. The Morgan fingerprint density at radius 2 is 1.90 bits per heavy atom. The first-order valence-corrected chi connectivity index (χ1v) is 11.2. The van der Waals surface area contributed by atoms with Crippen molar-refractivity contribution in [2.24, 2.45) is 0 Å². The molecule has 1 atom stereocenters. The second-order valence-electron chi connectivity index (χ2n) is 7.32. The monoisotopic (exact) mass is 431 g/mol. The van der Waals surface area contributed by atoms with E-state index in [9.17, 15) is 5.11 Å². The lowest BCUT2D eigenvalue weighted by molar-refractivity contribution is 0.195. The highest BCUT2D eigenvalue weighted by Gasteiger charge is 2.15. The number of hydrogen-bond donors (Lipinski definition) is 2. The maximum absolute atomic E-state index is 9.63. The molecule has 0 fully saturated rings. The second kappa shape index (κ2) is 9.73. The number of thiazole rings is 1. The molecule has 4 aromatic rings. The number of aliphatic hydroxyl groups excluding tert-OH is 1. The number of hydrogen-bond acceptors (Lipinski definition) is 6. The van der Waals surface area contributed by atoms with Gasteiger partial charge in [0.05, 0.1) is 11.1 Å². The van der Waals surface area contributed by atoms with Crippen LogP contribution in [0.1, 0.15) is 24.4 Å². The van der Waals surface area contributed by atoms with Gasteiger partial charge in [0.1, 0.15) is 17.3 Å². The van der Waals surface area contributed by atoms with Crippen LogP contribution < -0.4 is 10.1 Å². The minimum absolute atomic E-state index is 0.378. The van der Waals surface area contributed by atoms with Crippen molar-refractivity contribution in [1.82, 2.24) is 9.97 Å². The minimum atomic E-state index is -0.378. The standard InChI is InChI=1S/C25H25N3O2S/c1-3-23-28-24(19-9-5-4-6-10-19)25(31-23)30-21-12-13-26-22(16-21)27-20-11-7-8-18(15-20)14-17(2)29/h4-13,15-17,29H,3,14H2,1-2H3,(H,26,27). The zero-order valence-corrected chi connectivity index (χ0v) is 18.4. The van der Waals surface area contributed by atoms with Crippen molar-refractivity contribution in [2.75, 3.05) is 5.32 Å². The van der Waals surface area contributed by atoms with Crippen LogP contribution in [-0.4, -0.2) is 21.2 Å². The zero-order chi connectivity index (χ0) is 21.6. The van der Waals surface area contributed by atoms with Crippen molar-refractivity contribution >= 4 is 22.8 Å². The van der Waals surface area contributed by atoms with E-state index in [1.54, 1.807) is 24.5 Å². The van der Waals surface area contributed by atoms with Gasteiger partial charge in [-0.1, -0.05) is 60.7 Å². The molecule has 5 nitrogen and oxygen atoms in total. The number of rotatable bonds is 8. The molecule has 6 heteroatoms. The molecule has 4 rings (SSSR count). The third-order valence-corrected chi connectivity index (χ3v) is 5.74. The van der Waals surface area contributed by atoms with Gasteiger partial charge in [-0.2, -0.15) is 0 Å². The van der Waals surface area contributed by atoms with Crippen molar-refractivity contribution in [2.45, 2.75) is 32.8 Å². The summed E-state index contributed by atoms with van der Waals surface area (Å²) in [6.07, 6.45) is 2.82. The molecule has 2 N–H and O–H groups in total. The minimum Gasteiger partial charge on any atom is -0.444 e. The van der Waals surface area contributed by atoms with Gasteiger partial charge in [-0.3, -0.25) is 0 Å². The van der Waals surface area contributed by atoms with Gasteiger partial charge in [-0.05, 0) is 43.5 Å². The fraction of sp³-hybridized carbons (Fsp3) is 0.200. The van der Waals surface area contributed by atoms with E-state index in [2.05, 4.69) is 17.2 Å². The molecule has 1 unspecified atom stereocenters. The van der Waals surface area contributed by atoms with Gasteiger partial charge >= 0.3 is 0 Å². The molecule has 0 aliphatic rings. The molecular weight excluding hydrogens is 406 g/mol. The fourth-order valence-electron chi connectivity index (χ4n) is 3.26. The van der Waals surface area contributed by atoms with Crippen LogP contribution in [-0.2, 0) is 12.8 Å². The molecule has 0 bridgehead atoms. The Kier molecular flexibility index (Phi) is 6.60. The molecule has 0 saturated carbocycles. The summed E-state index contributed by atoms with van der Waals surface area (Å²) < 4.78 is 6.24. The van der Waals surface area contributed by atoms with Gasteiger partial charge in [0, 0.05) is 23.5 Å². The number of pyridine rings is 1. The quantitative estimate of drug-likeness (QED) is 0.346. The summed E-state index contributed by atoms with van der Waals surface area (Å²) in [7, 11) is 0. The molecule has 158 valence electrons. The average molecular weight is 432 g/mol. The number of aromatic nitrogens is 2. The van der Waals surface area contributed by atoms with Crippen molar-refractivity contribution in [3.05, 3.63) is 83.5 Å². The Morgan fingerprint density at radius 1 is 1.06 bits per heavy atom. The van der Waals surface area contributed by atoms with E-state index < -0.39 is 0 Å². The first-order valence-electron chi connectivity index (χ1n) is 10.3. The van der Waals surface area contributed by atoms with Gasteiger partial charge in [0.2, 0.25) is 5.06 Å². The van der Waals surface area contributed by atoms with Gasteiger partial charge in [0.15, 0.2) is 0 Å². The maximum atomic E-state index is 9.63. The van der Waals surface area contributed by atoms with E-state index >= 15 is 0 Å². The van der Waals surface area contributed by atoms with Crippen LogP contribution in [0.4, 0.5) is 11.5 Å². The van der Waals surface area contributed by atoms with Crippen LogP contribution in [0.5, 0.6) is 10.8 Å². The van der Waals surface area contributed by atoms with Crippen molar-refractivity contribution in [3.63, 3.8) is 0 Å². The SMILES string of the molecule is CCc1nc(-c2ccccc2)c(Oc2ccnc(Nc3cccc(CC(C)O)c3)c2)s1. The zero-order valence-electron chi connectivity index (χ0n) is 17.6. The predicted octanol–water partition coefficient (Wildman–Crippen LogP) is 6.23. The van der Waals surface area contributed by atoms with Crippen LogP contribution in [0.25, 0.3) is 11.3 Å². The highest BCUT2D eigenvalue weighted by Crippen LogP contribution is 2.38. The van der Waals surface area contributed by atoms with Gasteiger partial charge in [-0.15, -0.1) is 0 Å². The van der Waals surface area contributed by atoms with Crippen LogP contribution in [0, 0.1) is 0 Å². The van der Waals surface area contributed by atoms with E-state index in [1.165, 1.54) is 0 Å². The largest absolute Gasteiger partial charge is 0.444 e. The highest BCUT2D eigenvalue weighted by molar-refractivity contribution is 7.14. The Hall–Kier alpha value is -3.22. The number of aliphatic hydroxyl groups is 1. The van der Waals surface area contributed by atoms with E-state index in [-0.39, 0.29) is 6.10 Å². The van der Waals surface area contributed by atoms with E-state index in [0.29, 0.717) is 18.0 Å². The Morgan fingerprint density at radius 3 is 2.68 bits per heavy atom. The van der Waals surface area contributed by atoms with Gasteiger partial charge < -0.3 is 15.2 Å². The van der Waals surface area contributed by atoms with E-state index in [0.717, 1.165) is 39.0 Å². The molecule has 0 saturated heterocycles. The van der Waals surface area contributed by atoms with E-state index in [1.807, 2.05) is 66.7 Å². The normalized spacial score (nSPS) is 11.8. The molecule has 0 amide bonds. The van der Waals surface area contributed by atoms with Crippen molar-refractivity contribution in [1.29, 1.82) is 0 Å². The molecule has 2 aromatic carbocycles. The molecule has 0 aliphatic heterocycles. The number of aryl methyl sites for hydroxylation is 1.